The normalized spacial score (nSPS) is 10.9. The van der Waals surface area contributed by atoms with Crippen LogP contribution in [0.1, 0.15) is 16.1 Å². The highest BCUT2D eigenvalue weighted by molar-refractivity contribution is 7.13. The molecule has 4 rings (SSSR count). The highest BCUT2D eigenvalue weighted by Crippen LogP contribution is 2.24. The van der Waals surface area contributed by atoms with Gasteiger partial charge in [0.05, 0.1) is 5.52 Å². The lowest BCUT2D eigenvalue weighted by atomic mass is 10.1. The summed E-state index contributed by atoms with van der Waals surface area (Å²) in [6.07, 6.45) is 1.78. The predicted octanol–water partition coefficient (Wildman–Crippen LogP) is 4.25. The molecule has 0 saturated carbocycles. The van der Waals surface area contributed by atoms with E-state index in [9.17, 15) is 4.79 Å². The summed E-state index contributed by atoms with van der Waals surface area (Å²) in [5.41, 5.74) is 4.10. The lowest BCUT2D eigenvalue weighted by Crippen LogP contribution is -2.12. The first-order valence-corrected chi connectivity index (χ1v) is 8.35. The number of fused-ring (bicyclic) bond motifs is 1. The van der Waals surface area contributed by atoms with Crippen LogP contribution in [0.2, 0.25) is 0 Å². The summed E-state index contributed by atoms with van der Waals surface area (Å²) in [5, 5.41) is 13.7. The molecule has 0 radical (unpaired) electrons. The SMILES string of the molecule is Cc1ccc2[nH]nc(C(=O)Nc3ccc(-c4nccs4)cc3)c2c1. The molecule has 0 bridgehead atoms. The Labute approximate surface area is 142 Å². The van der Waals surface area contributed by atoms with Gasteiger partial charge in [0.2, 0.25) is 0 Å². The van der Waals surface area contributed by atoms with Crippen LogP contribution in [-0.4, -0.2) is 21.1 Å². The van der Waals surface area contributed by atoms with E-state index < -0.39 is 0 Å². The molecule has 0 atom stereocenters. The molecule has 5 nitrogen and oxygen atoms in total. The number of hydrogen-bond acceptors (Lipinski definition) is 4. The zero-order valence-electron chi connectivity index (χ0n) is 12.9. The van der Waals surface area contributed by atoms with Gasteiger partial charge in [0.1, 0.15) is 5.01 Å². The maximum atomic E-state index is 12.5. The van der Waals surface area contributed by atoms with Gasteiger partial charge in [0.25, 0.3) is 5.91 Å². The van der Waals surface area contributed by atoms with Crippen molar-refractivity contribution in [3.63, 3.8) is 0 Å². The van der Waals surface area contributed by atoms with Crippen molar-refractivity contribution in [1.82, 2.24) is 15.2 Å². The molecular formula is C18H14N4OS. The van der Waals surface area contributed by atoms with Crippen molar-refractivity contribution in [2.24, 2.45) is 0 Å². The lowest BCUT2D eigenvalue weighted by molar-refractivity contribution is 0.102. The first kappa shape index (κ1) is 14.6. The van der Waals surface area contributed by atoms with Crippen molar-refractivity contribution >= 4 is 33.8 Å². The third kappa shape index (κ3) is 2.68. The van der Waals surface area contributed by atoms with E-state index >= 15 is 0 Å². The smallest absolute Gasteiger partial charge is 0.276 e. The number of nitrogens with one attached hydrogen (secondary N) is 2. The fourth-order valence-electron chi connectivity index (χ4n) is 2.55. The van der Waals surface area contributed by atoms with Crippen LogP contribution in [0.3, 0.4) is 0 Å². The minimum Gasteiger partial charge on any atom is -0.321 e. The van der Waals surface area contributed by atoms with E-state index in [2.05, 4.69) is 20.5 Å². The van der Waals surface area contributed by atoms with Crippen molar-refractivity contribution in [1.29, 1.82) is 0 Å². The van der Waals surface area contributed by atoms with Gasteiger partial charge >= 0.3 is 0 Å². The molecule has 0 aliphatic heterocycles. The molecule has 6 heteroatoms. The second-order valence-electron chi connectivity index (χ2n) is 5.49. The van der Waals surface area contributed by atoms with Crippen LogP contribution in [0.25, 0.3) is 21.5 Å². The van der Waals surface area contributed by atoms with E-state index in [4.69, 9.17) is 0 Å². The monoisotopic (exact) mass is 334 g/mol. The molecule has 0 fully saturated rings. The minimum absolute atomic E-state index is 0.228. The zero-order chi connectivity index (χ0) is 16.5. The van der Waals surface area contributed by atoms with Crippen molar-refractivity contribution in [2.45, 2.75) is 6.92 Å². The maximum Gasteiger partial charge on any atom is 0.276 e. The van der Waals surface area contributed by atoms with Crippen molar-refractivity contribution in [2.75, 3.05) is 5.32 Å². The number of H-pyrrole nitrogens is 1. The quantitative estimate of drug-likeness (QED) is 0.588. The number of aromatic nitrogens is 3. The topological polar surface area (TPSA) is 70.7 Å². The first-order chi connectivity index (χ1) is 11.7. The fourth-order valence-corrected chi connectivity index (χ4v) is 3.20. The molecule has 0 spiro atoms. The molecule has 0 saturated heterocycles. The summed E-state index contributed by atoms with van der Waals surface area (Å²) >= 11 is 1.58. The molecule has 2 aromatic heterocycles. The molecule has 0 aliphatic carbocycles. The van der Waals surface area contributed by atoms with Gasteiger partial charge in [0, 0.05) is 28.2 Å². The molecule has 2 aromatic carbocycles. The number of thiazole rings is 1. The minimum atomic E-state index is -0.228. The lowest BCUT2D eigenvalue weighted by Gasteiger charge is -2.04. The van der Waals surface area contributed by atoms with Crippen molar-refractivity contribution in [3.05, 3.63) is 65.3 Å². The Morgan fingerprint density at radius 1 is 1.17 bits per heavy atom. The number of aryl methyl sites for hydroxylation is 1. The second-order valence-corrected chi connectivity index (χ2v) is 6.38. The van der Waals surface area contributed by atoms with Gasteiger partial charge in [-0.2, -0.15) is 5.10 Å². The van der Waals surface area contributed by atoms with Gasteiger partial charge in [-0.3, -0.25) is 9.89 Å². The number of carbonyl (C=O) groups is 1. The summed E-state index contributed by atoms with van der Waals surface area (Å²) in [5.74, 6) is -0.228. The third-order valence-electron chi connectivity index (χ3n) is 3.76. The molecule has 4 aromatic rings. The van der Waals surface area contributed by atoms with E-state index in [0.29, 0.717) is 5.69 Å². The van der Waals surface area contributed by atoms with Gasteiger partial charge in [-0.05, 0) is 43.3 Å². The number of anilines is 1. The standard InChI is InChI=1S/C18H14N4OS/c1-11-2-7-15-14(10-11)16(22-21-15)17(23)20-13-5-3-12(4-6-13)18-19-8-9-24-18/h2-10H,1H3,(H,20,23)(H,21,22). The highest BCUT2D eigenvalue weighted by atomic mass is 32.1. The molecule has 24 heavy (non-hydrogen) atoms. The summed E-state index contributed by atoms with van der Waals surface area (Å²) < 4.78 is 0. The Kier molecular flexibility index (Phi) is 3.59. The predicted molar refractivity (Wildman–Crippen MR) is 96.3 cm³/mol. The van der Waals surface area contributed by atoms with Gasteiger partial charge in [-0.25, -0.2) is 4.98 Å². The van der Waals surface area contributed by atoms with E-state index in [1.54, 1.807) is 17.5 Å². The largest absolute Gasteiger partial charge is 0.321 e. The van der Waals surface area contributed by atoms with Crippen LogP contribution in [0, 0.1) is 6.92 Å². The van der Waals surface area contributed by atoms with Gasteiger partial charge in [0.15, 0.2) is 5.69 Å². The molecule has 0 aliphatic rings. The van der Waals surface area contributed by atoms with E-state index in [1.165, 1.54) is 0 Å². The Morgan fingerprint density at radius 2 is 2.00 bits per heavy atom. The zero-order valence-corrected chi connectivity index (χ0v) is 13.7. The second kappa shape index (κ2) is 5.90. The third-order valence-corrected chi connectivity index (χ3v) is 4.58. The van der Waals surface area contributed by atoms with E-state index in [1.807, 2.05) is 54.8 Å². The van der Waals surface area contributed by atoms with Crippen LogP contribution in [0.5, 0.6) is 0 Å². The van der Waals surface area contributed by atoms with Crippen LogP contribution in [0.15, 0.2) is 54.0 Å². The highest BCUT2D eigenvalue weighted by Gasteiger charge is 2.14. The molecule has 2 heterocycles. The fraction of sp³-hybridized carbons (Fsp3) is 0.0556. The maximum absolute atomic E-state index is 12.5. The Morgan fingerprint density at radius 3 is 2.75 bits per heavy atom. The number of nitrogens with zero attached hydrogens (tertiary/aromatic N) is 2. The van der Waals surface area contributed by atoms with Crippen LogP contribution in [0.4, 0.5) is 5.69 Å². The average molecular weight is 334 g/mol. The van der Waals surface area contributed by atoms with Gasteiger partial charge < -0.3 is 5.32 Å². The van der Waals surface area contributed by atoms with Crippen LogP contribution >= 0.6 is 11.3 Å². The van der Waals surface area contributed by atoms with Crippen molar-refractivity contribution in [3.8, 4) is 10.6 Å². The Bertz CT molecular complexity index is 1000. The summed E-state index contributed by atoms with van der Waals surface area (Å²) in [4.78, 5) is 16.8. The number of amides is 1. The molecule has 118 valence electrons. The van der Waals surface area contributed by atoms with E-state index in [-0.39, 0.29) is 5.91 Å². The Hall–Kier alpha value is -2.99. The average Bonchev–Trinajstić information content (AvgIpc) is 3.24. The summed E-state index contributed by atoms with van der Waals surface area (Å²) in [6, 6.07) is 13.5. The molecule has 0 unspecified atom stereocenters. The number of aromatic amines is 1. The molecule has 1 amide bonds. The number of hydrogen-bond donors (Lipinski definition) is 2. The van der Waals surface area contributed by atoms with E-state index in [0.717, 1.165) is 32.7 Å². The summed E-state index contributed by atoms with van der Waals surface area (Å²) in [6.45, 7) is 1.99. The van der Waals surface area contributed by atoms with Crippen LogP contribution in [-0.2, 0) is 0 Å². The van der Waals surface area contributed by atoms with Gasteiger partial charge in [-0.15, -0.1) is 11.3 Å². The molecule has 2 N–H and O–H groups in total. The van der Waals surface area contributed by atoms with Crippen molar-refractivity contribution < 1.29 is 4.79 Å². The Balaban J connectivity index is 1.58. The molecular weight excluding hydrogens is 320 g/mol. The van der Waals surface area contributed by atoms with Gasteiger partial charge in [-0.1, -0.05) is 11.6 Å². The first-order valence-electron chi connectivity index (χ1n) is 7.47. The number of benzene rings is 2. The number of rotatable bonds is 3. The van der Waals surface area contributed by atoms with Crippen LogP contribution < -0.4 is 5.32 Å². The summed E-state index contributed by atoms with van der Waals surface area (Å²) in [7, 11) is 0. The number of carbonyl (C=O) groups excluding carboxylic acids is 1.